The Balaban J connectivity index is 2.67. The zero-order chi connectivity index (χ0) is 18.3. The lowest BCUT2D eigenvalue weighted by Crippen LogP contribution is -2.51. The molecule has 0 fully saturated rings. The summed E-state index contributed by atoms with van der Waals surface area (Å²) in [4.78, 5) is 24.7. The molecule has 5 heteroatoms. The minimum Gasteiger partial charge on any atom is -0.352 e. The monoisotopic (exact) mass is 336 g/mol. The highest BCUT2D eigenvalue weighted by Gasteiger charge is 2.25. The molecule has 2 N–H and O–H groups in total. The van der Waals surface area contributed by atoms with E-state index in [2.05, 4.69) is 24.5 Å². The maximum atomic E-state index is 12.9. The van der Waals surface area contributed by atoms with Crippen molar-refractivity contribution in [2.75, 3.05) is 0 Å². The van der Waals surface area contributed by atoms with Crippen molar-refractivity contribution >= 4 is 11.8 Å². The zero-order valence-corrected chi connectivity index (χ0v) is 15.2. The Kier molecular flexibility index (Phi) is 7.89. The summed E-state index contributed by atoms with van der Waals surface area (Å²) in [5, 5.41) is 5.72. The van der Waals surface area contributed by atoms with Crippen molar-refractivity contribution < 1.29 is 14.0 Å². The molecule has 0 bridgehead atoms. The first-order valence-corrected chi connectivity index (χ1v) is 8.57. The van der Waals surface area contributed by atoms with E-state index in [-0.39, 0.29) is 23.8 Å². The van der Waals surface area contributed by atoms with Gasteiger partial charge in [-0.2, -0.15) is 0 Å². The normalized spacial score (nSPS) is 13.7. The smallest absolute Gasteiger partial charge is 0.251 e. The van der Waals surface area contributed by atoms with Gasteiger partial charge >= 0.3 is 0 Å². The van der Waals surface area contributed by atoms with Crippen LogP contribution in [0.2, 0.25) is 0 Å². The number of nitrogens with one attached hydrogen (secondary N) is 2. The van der Waals surface area contributed by atoms with Gasteiger partial charge in [-0.15, -0.1) is 0 Å². The van der Waals surface area contributed by atoms with Crippen LogP contribution in [0.1, 0.15) is 57.8 Å². The summed E-state index contributed by atoms with van der Waals surface area (Å²) in [6.45, 7) is 10.0. The second-order valence-electron chi connectivity index (χ2n) is 7.08. The molecule has 24 heavy (non-hydrogen) atoms. The van der Waals surface area contributed by atoms with Crippen molar-refractivity contribution in [2.24, 2.45) is 11.8 Å². The predicted octanol–water partition coefficient (Wildman–Crippen LogP) is 3.52. The van der Waals surface area contributed by atoms with E-state index in [1.54, 1.807) is 0 Å². The maximum Gasteiger partial charge on any atom is 0.251 e. The fourth-order valence-corrected chi connectivity index (χ4v) is 2.35. The summed E-state index contributed by atoms with van der Waals surface area (Å²) < 4.78 is 12.9. The number of amides is 2. The third kappa shape index (κ3) is 6.69. The number of rotatable bonds is 8. The number of benzene rings is 1. The first-order chi connectivity index (χ1) is 11.2. The Morgan fingerprint density at radius 2 is 1.54 bits per heavy atom. The van der Waals surface area contributed by atoms with Crippen LogP contribution in [0.15, 0.2) is 24.3 Å². The molecule has 0 saturated heterocycles. The van der Waals surface area contributed by atoms with Gasteiger partial charge in [0.25, 0.3) is 5.91 Å². The van der Waals surface area contributed by atoms with E-state index in [0.29, 0.717) is 11.5 Å². The Labute approximate surface area is 144 Å². The first kappa shape index (κ1) is 20.1. The molecule has 0 aliphatic carbocycles. The maximum absolute atomic E-state index is 12.9. The molecule has 1 aromatic rings. The molecule has 0 aliphatic rings. The molecule has 0 spiro atoms. The highest BCUT2D eigenvalue weighted by molar-refractivity contribution is 5.97. The highest BCUT2D eigenvalue weighted by Crippen LogP contribution is 2.09. The number of carbonyl (C=O) groups is 2. The Hall–Kier alpha value is -1.91. The fraction of sp³-hybridized carbons (Fsp3) is 0.579. The van der Waals surface area contributed by atoms with E-state index < -0.39 is 11.9 Å². The van der Waals surface area contributed by atoms with Crippen molar-refractivity contribution in [3.8, 4) is 0 Å². The summed E-state index contributed by atoms with van der Waals surface area (Å²) in [5.41, 5.74) is 0.336. The van der Waals surface area contributed by atoms with Gasteiger partial charge in [0.1, 0.15) is 11.9 Å². The lowest BCUT2D eigenvalue weighted by atomic mass is 10.0. The van der Waals surface area contributed by atoms with Gasteiger partial charge in [-0.1, -0.05) is 27.7 Å². The van der Waals surface area contributed by atoms with Crippen LogP contribution in [0, 0.1) is 17.7 Å². The summed E-state index contributed by atoms with van der Waals surface area (Å²) >= 11 is 0. The second kappa shape index (κ2) is 9.40. The summed E-state index contributed by atoms with van der Waals surface area (Å²) in [5.74, 6) is -0.422. The molecule has 1 rings (SSSR count). The Bertz CT molecular complexity index is 541. The third-order valence-electron chi connectivity index (χ3n) is 3.91. The van der Waals surface area contributed by atoms with Gasteiger partial charge in [-0.25, -0.2) is 4.39 Å². The van der Waals surface area contributed by atoms with Crippen LogP contribution in [0.3, 0.4) is 0 Å². The quantitative estimate of drug-likeness (QED) is 0.763. The van der Waals surface area contributed by atoms with E-state index in [1.807, 2.05) is 20.8 Å². The molecule has 0 heterocycles. The molecule has 0 radical (unpaired) electrons. The molecular formula is C19H29FN2O2. The van der Waals surface area contributed by atoms with Crippen LogP contribution in [0.4, 0.5) is 4.39 Å². The molecule has 4 nitrogen and oxygen atoms in total. The average Bonchev–Trinajstić information content (AvgIpc) is 2.50. The Morgan fingerprint density at radius 1 is 0.958 bits per heavy atom. The van der Waals surface area contributed by atoms with Gasteiger partial charge in [0.15, 0.2) is 0 Å². The average molecular weight is 336 g/mol. The van der Waals surface area contributed by atoms with E-state index >= 15 is 0 Å². The molecule has 134 valence electrons. The van der Waals surface area contributed by atoms with E-state index in [1.165, 1.54) is 24.3 Å². The molecular weight excluding hydrogens is 307 g/mol. The third-order valence-corrected chi connectivity index (χ3v) is 3.91. The number of hydrogen-bond acceptors (Lipinski definition) is 2. The largest absolute Gasteiger partial charge is 0.352 e. The molecule has 1 aromatic carbocycles. The number of carbonyl (C=O) groups excluding carboxylic acids is 2. The van der Waals surface area contributed by atoms with Crippen molar-refractivity contribution in [3.63, 3.8) is 0 Å². The van der Waals surface area contributed by atoms with Crippen LogP contribution in [-0.2, 0) is 4.79 Å². The van der Waals surface area contributed by atoms with Crippen LogP contribution >= 0.6 is 0 Å². The SMILES string of the molecule is CC(C)CCC(C)NC(=O)C(NC(=O)c1ccc(F)cc1)C(C)C. The van der Waals surface area contributed by atoms with Gasteiger partial charge < -0.3 is 10.6 Å². The molecule has 2 unspecified atom stereocenters. The molecule has 0 aromatic heterocycles. The molecule has 2 amide bonds. The van der Waals surface area contributed by atoms with Gasteiger partial charge in [0.05, 0.1) is 0 Å². The van der Waals surface area contributed by atoms with Gasteiger partial charge in [0, 0.05) is 11.6 Å². The summed E-state index contributed by atoms with van der Waals surface area (Å²) in [6, 6.07) is 4.71. The van der Waals surface area contributed by atoms with Crippen molar-refractivity contribution in [3.05, 3.63) is 35.6 Å². The summed E-state index contributed by atoms with van der Waals surface area (Å²) in [7, 11) is 0. The standard InChI is InChI=1S/C19H29FN2O2/c1-12(2)6-7-14(5)21-19(24)17(13(3)4)22-18(23)15-8-10-16(20)11-9-15/h8-14,17H,6-7H2,1-5H3,(H,21,24)(H,22,23). The Morgan fingerprint density at radius 3 is 2.04 bits per heavy atom. The number of halogens is 1. The van der Waals surface area contributed by atoms with Crippen LogP contribution in [0.5, 0.6) is 0 Å². The lowest BCUT2D eigenvalue weighted by Gasteiger charge is -2.24. The van der Waals surface area contributed by atoms with E-state index in [4.69, 9.17) is 0 Å². The van der Waals surface area contributed by atoms with Crippen molar-refractivity contribution in [1.82, 2.24) is 10.6 Å². The lowest BCUT2D eigenvalue weighted by molar-refractivity contribution is -0.124. The van der Waals surface area contributed by atoms with Gasteiger partial charge in [-0.3, -0.25) is 9.59 Å². The van der Waals surface area contributed by atoms with E-state index in [9.17, 15) is 14.0 Å². The van der Waals surface area contributed by atoms with Crippen LogP contribution in [-0.4, -0.2) is 23.9 Å². The summed E-state index contributed by atoms with van der Waals surface area (Å²) in [6.07, 6.45) is 1.94. The first-order valence-electron chi connectivity index (χ1n) is 8.57. The van der Waals surface area contributed by atoms with Crippen LogP contribution < -0.4 is 10.6 Å². The van der Waals surface area contributed by atoms with Crippen LogP contribution in [0.25, 0.3) is 0 Å². The highest BCUT2D eigenvalue weighted by atomic mass is 19.1. The van der Waals surface area contributed by atoms with Crippen molar-refractivity contribution in [2.45, 2.75) is 59.5 Å². The minimum atomic E-state index is -0.621. The molecule has 2 atom stereocenters. The topological polar surface area (TPSA) is 58.2 Å². The molecule has 0 aliphatic heterocycles. The van der Waals surface area contributed by atoms with Gasteiger partial charge in [-0.05, 0) is 55.9 Å². The second-order valence-corrected chi connectivity index (χ2v) is 7.08. The number of hydrogen-bond donors (Lipinski definition) is 2. The minimum absolute atomic E-state index is 0.0494. The molecule has 0 saturated carbocycles. The zero-order valence-electron chi connectivity index (χ0n) is 15.2. The van der Waals surface area contributed by atoms with Crippen molar-refractivity contribution in [1.29, 1.82) is 0 Å². The van der Waals surface area contributed by atoms with Gasteiger partial charge in [0.2, 0.25) is 5.91 Å². The van der Waals surface area contributed by atoms with E-state index in [0.717, 1.165) is 12.8 Å². The predicted molar refractivity (Wildman–Crippen MR) is 94.2 cm³/mol. The fourth-order valence-electron chi connectivity index (χ4n) is 2.35.